The van der Waals surface area contributed by atoms with Gasteiger partial charge in [0.15, 0.2) is 0 Å². The second-order valence-corrected chi connectivity index (χ2v) is 4.84. The van der Waals surface area contributed by atoms with E-state index in [0.29, 0.717) is 0 Å². The van der Waals surface area contributed by atoms with Gasteiger partial charge >= 0.3 is 6.03 Å². The van der Waals surface area contributed by atoms with Gasteiger partial charge in [0.25, 0.3) is 0 Å². The van der Waals surface area contributed by atoms with Crippen molar-refractivity contribution in [1.82, 2.24) is 16.2 Å². The molecule has 3 atom stereocenters. The Morgan fingerprint density at radius 1 is 1.22 bits per heavy atom. The van der Waals surface area contributed by atoms with Crippen molar-refractivity contribution in [2.75, 3.05) is 0 Å². The Morgan fingerprint density at radius 3 is 2.28 bits per heavy atom. The highest BCUT2D eigenvalue weighted by molar-refractivity contribution is 5.72. The van der Waals surface area contributed by atoms with E-state index in [0.717, 1.165) is 5.56 Å². The zero-order valence-corrected chi connectivity index (χ0v) is 10.7. The van der Waals surface area contributed by atoms with Crippen molar-refractivity contribution in [3.63, 3.8) is 0 Å². The van der Waals surface area contributed by atoms with Crippen LogP contribution < -0.4 is 21.9 Å². The van der Waals surface area contributed by atoms with Crippen LogP contribution in [0.5, 0.6) is 0 Å². The summed E-state index contributed by atoms with van der Waals surface area (Å²) in [6.45, 7) is 4.19. The maximum absolute atomic E-state index is 11.2. The van der Waals surface area contributed by atoms with Gasteiger partial charge in [-0.2, -0.15) is 0 Å². The zero-order chi connectivity index (χ0) is 13.1. The molecular formula is C13H20N4O. The molecule has 98 valence electrons. The monoisotopic (exact) mass is 248 g/mol. The van der Waals surface area contributed by atoms with Gasteiger partial charge in [-0.3, -0.25) is 10.9 Å². The van der Waals surface area contributed by atoms with Crippen LogP contribution in [0, 0.1) is 5.92 Å². The second kappa shape index (κ2) is 5.37. The van der Waals surface area contributed by atoms with Crippen LogP contribution in [0.3, 0.4) is 0 Å². The van der Waals surface area contributed by atoms with E-state index in [1.807, 2.05) is 30.3 Å². The predicted octanol–water partition coefficient (Wildman–Crippen LogP) is 0.897. The minimum atomic E-state index is -0.491. The highest BCUT2D eigenvalue weighted by Gasteiger charge is 2.37. The fourth-order valence-electron chi connectivity index (χ4n) is 2.68. The van der Waals surface area contributed by atoms with Gasteiger partial charge in [-0.15, -0.1) is 0 Å². The SMILES string of the molecule is CC1NNC(C)C1C(NC(N)=O)c1ccccc1. The van der Waals surface area contributed by atoms with Crippen molar-refractivity contribution in [3.05, 3.63) is 35.9 Å². The summed E-state index contributed by atoms with van der Waals surface area (Å²) in [6, 6.07) is 9.87. The summed E-state index contributed by atoms with van der Waals surface area (Å²) in [5.41, 5.74) is 12.8. The number of nitrogens with two attached hydrogens (primary N) is 1. The van der Waals surface area contributed by atoms with Gasteiger partial charge in [0.1, 0.15) is 0 Å². The molecule has 5 heteroatoms. The van der Waals surface area contributed by atoms with Crippen molar-refractivity contribution in [2.24, 2.45) is 11.7 Å². The summed E-state index contributed by atoms with van der Waals surface area (Å²) in [7, 11) is 0. The summed E-state index contributed by atoms with van der Waals surface area (Å²) < 4.78 is 0. The highest BCUT2D eigenvalue weighted by atomic mass is 16.2. The number of benzene rings is 1. The first-order chi connectivity index (χ1) is 8.59. The van der Waals surface area contributed by atoms with E-state index in [1.54, 1.807) is 0 Å². The van der Waals surface area contributed by atoms with E-state index in [1.165, 1.54) is 0 Å². The first kappa shape index (κ1) is 12.9. The van der Waals surface area contributed by atoms with Gasteiger partial charge < -0.3 is 11.1 Å². The highest BCUT2D eigenvalue weighted by Crippen LogP contribution is 2.29. The number of amides is 2. The van der Waals surface area contributed by atoms with Crippen LogP contribution in [-0.4, -0.2) is 18.1 Å². The molecule has 0 bridgehead atoms. The molecule has 0 aliphatic carbocycles. The fraction of sp³-hybridized carbons (Fsp3) is 0.462. The van der Waals surface area contributed by atoms with E-state index >= 15 is 0 Å². The zero-order valence-electron chi connectivity index (χ0n) is 10.7. The Hall–Kier alpha value is -1.59. The third-order valence-electron chi connectivity index (χ3n) is 3.53. The van der Waals surface area contributed by atoms with E-state index in [4.69, 9.17) is 5.73 Å². The van der Waals surface area contributed by atoms with Crippen molar-refractivity contribution in [2.45, 2.75) is 32.0 Å². The number of carbonyl (C=O) groups is 1. The minimum Gasteiger partial charge on any atom is -0.352 e. The third kappa shape index (κ3) is 2.63. The van der Waals surface area contributed by atoms with Gasteiger partial charge in [-0.05, 0) is 19.4 Å². The van der Waals surface area contributed by atoms with Gasteiger partial charge in [0.2, 0.25) is 0 Å². The van der Waals surface area contributed by atoms with E-state index in [-0.39, 0.29) is 24.0 Å². The molecule has 5 N–H and O–H groups in total. The number of urea groups is 1. The molecule has 2 rings (SSSR count). The molecule has 2 amide bonds. The Morgan fingerprint density at radius 2 is 1.78 bits per heavy atom. The van der Waals surface area contributed by atoms with E-state index in [2.05, 4.69) is 30.0 Å². The molecule has 1 saturated heterocycles. The second-order valence-electron chi connectivity index (χ2n) is 4.84. The fourth-order valence-corrected chi connectivity index (χ4v) is 2.68. The average Bonchev–Trinajstić information content (AvgIpc) is 2.67. The maximum atomic E-state index is 11.2. The lowest BCUT2D eigenvalue weighted by Crippen LogP contribution is -2.42. The van der Waals surface area contributed by atoms with Crippen molar-refractivity contribution >= 4 is 6.03 Å². The number of hydrazine groups is 1. The molecule has 1 aromatic carbocycles. The average molecular weight is 248 g/mol. The Kier molecular flexibility index (Phi) is 3.84. The first-order valence-electron chi connectivity index (χ1n) is 6.21. The van der Waals surface area contributed by atoms with Crippen LogP contribution in [0.1, 0.15) is 25.5 Å². The molecular weight excluding hydrogens is 228 g/mol. The van der Waals surface area contributed by atoms with Crippen molar-refractivity contribution < 1.29 is 4.79 Å². The lowest BCUT2D eigenvalue weighted by Gasteiger charge is -2.29. The van der Waals surface area contributed by atoms with Gasteiger partial charge in [-0.25, -0.2) is 4.79 Å². The minimum absolute atomic E-state index is 0.0869. The Balaban J connectivity index is 2.28. The number of primary amides is 1. The molecule has 1 heterocycles. The maximum Gasteiger partial charge on any atom is 0.312 e. The quantitative estimate of drug-likeness (QED) is 0.641. The molecule has 1 fully saturated rings. The van der Waals surface area contributed by atoms with Gasteiger partial charge in [0, 0.05) is 18.0 Å². The van der Waals surface area contributed by atoms with E-state index in [9.17, 15) is 4.79 Å². The van der Waals surface area contributed by atoms with Crippen molar-refractivity contribution in [1.29, 1.82) is 0 Å². The molecule has 0 radical (unpaired) electrons. The molecule has 18 heavy (non-hydrogen) atoms. The van der Waals surface area contributed by atoms with Crippen LogP contribution >= 0.6 is 0 Å². The topological polar surface area (TPSA) is 79.2 Å². The van der Waals surface area contributed by atoms with Crippen LogP contribution in [0.15, 0.2) is 30.3 Å². The summed E-state index contributed by atoms with van der Waals surface area (Å²) >= 11 is 0. The molecule has 1 aliphatic rings. The molecule has 5 nitrogen and oxygen atoms in total. The van der Waals surface area contributed by atoms with E-state index < -0.39 is 6.03 Å². The molecule has 1 aliphatic heterocycles. The number of rotatable bonds is 3. The number of carbonyl (C=O) groups excluding carboxylic acids is 1. The van der Waals surface area contributed by atoms with Crippen LogP contribution in [0.4, 0.5) is 4.79 Å². The number of nitrogens with one attached hydrogen (secondary N) is 3. The number of hydrogen-bond acceptors (Lipinski definition) is 3. The summed E-state index contributed by atoms with van der Waals surface area (Å²) in [6.07, 6.45) is 0. The molecule has 1 aromatic rings. The van der Waals surface area contributed by atoms with Crippen LogP contribution in [0.25, 0.3) is 0 Å². The Labute approximate surface area is 107 Å². The number of hydrogen-bond donors (Lipinski definition) is 4. The summed E-state index contributed by atoms with van der Waals surface area (Å²) in [5, 5.41) is 2.86. The molecule has 0 spiro atoms. The predicted molar refractivity (Wildman–Crippen MR) is 70.6 cm³/mol. The molecule has 3 unspecified atom stereocenters. The largest absolute Gasteiger partial charge is 0.352 e. The standard InChI is InChI=1S/C13H20N4O/c1-8-11(9(2)17-16-8)12(15-13(14)18)10-6-4-3-5-7-10/h3-9,11-12,16-17H,1-2H3,(H3,14,15,18). The van der Waals surface area contributed by atoms with Gasteiger partial charge in [0.05, 0.1) is 6.04 Å². The van der Waals surface area contributed by atoms with Crippen LogP contribution in [-0.2, 0) is 0 Å². The summed E-state index contributed by atoms with van der Waals surface area (Å²) in [5.74, 6) is 0.250. The van der Waals surface area contributed by atoms with Gasteiger partial charge in [-0.1, -0.05) is 30.3 Å². The third-order valence-corrected chi connectivity index (χ3v) is 3.53. The molecule has 0 saturated carbocycles. The Bertz CT molecular complexity index is 399. The molecule has 0 aromatic heterocycles. The van der Waals surface area contributed by atoms with Crippen LogP contribution in [0.2, 0.25) is 0 Å². The normalized spacial score (nSPS) is 28.9. The first-order valence-corrected chi connectivity index (χ1v) is 6.21. The van der Waals surface area contributed by atoms with Crippen molar-refractivity contribution in [3.8, 4) is 0 Å². The summed E-state index contributed by atoms with van der Waals surface area (Å²) in [4.78, 5) is 11.2. The smallest absolute Gasteiger partial charge is 0.312 e. The lowest BCUT2D eigenvalue weighted by atomic mass is 9.84. The lowest BCUT2D eigenvalue weighted by molar-refractivity contribution is 0.235.